The first-order valence-electron chi connectivity index (χ1n) is 6.62. The molecule has 10 nitrogen and oxygen atoms in total. The molecule has 0 radical (unpaired) electrons. The molecule has 3 N–H and O–H groups in total. The van der Waals surface area contributed by atoms with Gasteiger partial charge in [-0.15, -0.1) is 10.2 Å². The van der Waals surface area contributed by atoms with Crippen molar-refractivity contribution in [2.75, 3.05) is 0 Å². The maximum absolute atomic E-state index is 12.7. The van der Waals surface area contributed by atoms with Crippen LogP contribution in [0, 0.1) is 0 Å². The Bertz CT molecular complexity index is 1040. The predicted molar refractivity (Wildman–Crippen MR) is 84.6 cm³/mol. The summed E-state index contributed by atoms with van der Waals surface area (Å²) in [6.07, 6.45) is 1.79. The lowest BCUT2D eigenvalue weighted by Crippen LogP contribution is -2.05. The summed E-state index contributed by atoms with van der Waals surface area (Å²) < 4.78 is 25.4. The fourth-order valence-electron chi connectivity index (χ4n) is 1.93. The molecule has 3 rings (SSSR count). The molecule has 0 atom stereocenters. The minimum Gasteiger partial charge on any atom is -0.506 e. The summed E-state index contributed by atoms with van der Waals surface area (Å²) in [4.78, 5) is 11.5. The number of ketones is 1. The molecular weight excluding hydrogens is 372 g/mol. The van der Waals surface area contributed by atoms with Crippen LogP contribution in [-0.2, 0) is 9.84 Å². The molecule has 0 fully saturated rings. The number of aromatic nitrogens is 6. The van der Waals surface area contributed by atoms with E-state index in [2.05, 4.69) is 30.8 Å². The van der Waals surface area contributed by atoms with E-state index in [4.69, 9.17) is 11.6 Å². The van der Waals surface area contributed by atoms with E-state index in [0.29, 0.717) is 5.02 Å². The molecule has 2 heterocycles. The molecule has 2 aromatic heterocycles. The van der Waals surface area contributed by atoms with Gasteiger partial charge >= 0.3 is 0 Å². The molecule has 0 aliphatic rings. The van der Waals surface area contributed by atoms with E-state index in [1.807, 2.05) is 0 Å². The number of H-pyrrole nitrogens is 2. The normalized spacial score (nSPS) is 12.3. The van der Waals surface area contributed by atoms with Gasteiger partial charge in [0, 0.05) is 11.1 Å². The molecule has 0 amide bonds. The van der Waals surface area contributed by atoms with Crippen LogP contribution in [0.15, 0.2) is 46.3 Å². The minimum atomic E-state index is -3.99. The van der Waals surface area contributed by atoms with Gasteiger partial charge in [0.2, 0.25) is 21.4 Å². The van der Waals surface area contributed by atoms with Crippen molar-refractivity contribution >= 4 is 33.0 Å². The fourth-order valence-corrected chi connectivity index (χ4v) is 3.41. The van der Waals surface area contributed by atoms with E-state index < -0.39 is 21.4 Å². The first kappa shape index (κ1) is 16.8. The van der Waals surface area contributed by atoms with Crippen LogP contribution in [0.5, 0.6) is 0 Å². The van der Waals surface area contributed by atoms with Crippen molar-refractivity contribution in [3.63, 3.8) is 0 Å². The third-order valence-electron chi connectivity index (χ3n) is 3.11. The SMILES string of the molecule is O=C(C=C(O)c1[nH]ncc1S(=O)(=O)c1ccc(Cl)cc1)c1nn[nH]n1. The molecule has 3 aromatic rings. The van der Waals surface area contributed by atoms with Crippen LogP contribution < -0.4 is 0 Å². The zero-order chi connectivity index (χ0) is 18.0. The van der Waals surface area contributed by atoms with Crippen molar-refractivity contribution in [3.8, 4) is 0 Å². The number of allylic oxidation sites excluding steroid dienone is 1. The molecular formula is C13H9ClN6O4S. The number of aliphatic hydroxyl groups excluding tert-OH is 1. The van der Waals surface area contributed by atoms with Crippen molar-refractivity contribution in [1.29, 1.82) is 0 Å². The molecule has 0 aliphatic carbocycles. The van der Waals surface area contributed by atoms with Gasteiger partial charge in [0.15, 0.2) is 0 Å². The van der Waals surface area contributed by atoms with E-state index in [1.165, 1.54) is 24.3 Å². The molecule has 128 valence electrons. The third-order valence-corrected chi connectivity index (χ3v) is 5.14. The van der Waals surface area contributed by atoms with Gasteiger partial charge in [-0.3, -0.25) is 9.89 Å². The molecule has 0 aliphatic heterocycles. The second-order valence-electron chi connectivity index (χ2n) is 4.70. The largest absolute Gasteiger partial charge is 0.506 e. The quantitative estimate of drug-likeness (QED) is 0.338. The number of aromatic amines is 2. The average molecular weight is 381 g/mol. The summed E-state index contributed by atoms with van der Waals surface area (Å²) in [5.74, 6) is -1.69. The van der Waals surface area contributed by atoms with Gasteiger partial charge in [0.1, 0.15) is 16.3 Å². The topological polar surface area (TPSA) is 155 Å². The van der Waals surface area contributed by atoms with Crippen LogP contribution >= 0.6 is 11.6 Å². The maximum atomic E-state index is 12.7. The van der Waals surface area contributed by atoms with Gasteiger partial charge < -0.3 is 5.11 Å². The monoisotopic (exact) mass is 380 g/mol. The van der Waals surface area contributed by atoms with Gasteiger partial charge in [-0.25, -0.2) is 8.42 Å². The van der Waals surface area contributed by atoms with Gasteiger partial charge in [-0.1, -0.05) is 11.6 Å². The number of hydrogen-bond acceptors (Lipinski definition) is 8. The van der Waals surface area contributed by atoms with Crippen LogP contribution in [0.2, 0.25) is 5.02 Å². The van der Waals surface area contributed by atoms with Gasteiger partial charge in [0.05, 0.1) is 11.1 Å². The predicted octanol–water partition coefficient (Wildman–Crippen LogP) is 1.19. The van der Waals surface area contributed by atoms with E-state index in [-0.39, 0.29) is 21.3 Å². The Morgan fingerprint density at radius 2 is 1.96 bits per heavy atom. The van der Waals surface area contributed by atoms with E-state index in [1.54, 1.807) is 0 Å². The summed E-state index contributed by atoms with van der Waals surface area (Å²) >= 11 is 5.76. The van der Waals surface area contributed by atoms with E-state index in [9.17, 15) is 18.3 Å². The standard InChI is InChI=1S/C13H9ClN6O4S/c14-7-1-3-8(4-2-7)25(23,24)11-6-15-16-12(11)9(21)5-10(22)13-17-19-20-18-13/h1-6,21H,(H,15,16)(H,17,18,19,20). The molecule has 12 heteroatoms. The number of sulfone groups is 1. The molecule has 0 saturated heterocycles. The highest BCUT2D eigenvalue weighted by molar-refractivity contribution is 7.91. The van der Waals surface area contributed by atoms with Crippen molar-refractivity contribution in [1.82, 2.24) is 30.8 Å². The number of tetrazole rings is 1. The molecule has 0 saturated carbocycles. The Kier molecular flexibility index (Phi) is 4.33. The van der Waals surface area contributed by atoms with Crippen LogP contribution in [0.4, 0.5) is 0 Å². The number of benzene rings is 1. The Labute approximate surface area is 145 Å². The van der Waals surface area contributed by atoms with Crippen LogP contribution in [0.1, 0.15) is 16.3 Å². The molecule has 1 aromatic carbocycles. The highest BCUT2D eigenvalue weighted by Gasteiger charge is 2.25. The zero-order valence-electron chi connectivity index (χ0n) is 12.2. The summed E-state index contributed by atoms with van der Waals surface area (Å²) in [5.41, 5.74) is -0.244. The first-order chi connectivity index (χ1) is 11.9. The fraction of sp³-hybridized carbons (Fsp3) is 0. The zero-order valence-corrected chi connectivity index (χ0v) is 13.8. The number of halogens is 1. The summed E-state index contributed by atoms with van der Waals surface area (Å²) in [5, 5.41) is 28.7. The van der Waals surface area contributed by atoms with Crippen LogP contribution in [-0.4, -0.2) is 50.1 Å². The number of hydrogen-bond donors (Lipinski definition) is 3. The van der Waals surface area contributed by atoms with Crippen molar-refractivity contribution in [2.24, 2.45) is 0 Å². The Morgan fingerprint density at radius 3 is 2.60 bits per heavy atom. The van der Waals surface area contributed by atoms with Crippen molar-refractivity contribution in [3.05, 3.63) is 53.1 Å². The molecule has 0 unspecified atom stereocenters. The minimum absolute atomic E-state index is 0.0446. The third kappa shape index (κ3) is 3.27. The number of carbonyl (C=O) groups excluding carboxylic acids is 1. The van der Waals surface area contributed by atoms with Crippen molar-refractivity contribution in [2.45, 2.75) is 9.79 Å². The lowest BCUT2D eigenvalue weighted by molar-refractivity contribution is 0.103. The molecule has 0 spiro atoms. The number of aliphatic hydroxyl groups is 1. The maximum Gasteiger partial charge on any atom is 0.244 e. The second-order valence-corrected chi connectivity index (χ2v) is 7.05. The smallest absolute Gasteiger partial charge is 0.244 e. The second kappa shape index (κ2) is 6.45. The van der Waals surface area contributed by atoms with Crippen LogP contribution in [0.25, 0.3) is 5.76 Å². The number of nitrogens with one attached hydrogen (secondary N) is 2. The lowest BCUT2D eigenvalue weighted by Gasteiger charge is -2.05. The highest BCUT2D eigenvalue weighted by Crippen LogP contribution is 2.27. The van der Waals surface area contributed by atoms with Crippen LogP contribution in [0.3, 0.4) is 0 Å². The van der Waals surface area contributed by atoms with Gasteiger partial charge in [-0.05, 0) is 29.5 Å². The van der Waals surface area contributed by atoms with Gasteiger partial charge in [-0.2, -0.15) is 10.3 Å². The Hall–Kier alpha value is -3.05. The van der Waals surface area contributed by atoms with E-state index in [0.717, 1.165) is 12.3 Å². The number of carbonyl (C=O) groups is 1. The van der Waals surface area contributed by atoms with Crippen molar-refractivity contribution < 1.29 is 18.3 Å². The first-order valence-corrected chi connectivity index (χ1v) is 8.48. The summed E-state index contributed by atoms with van der Waals surface area (Å²) in [6, 6.07) is 5.48. The molecule has 0 bridgehead atoms. The summed E-state index contributed by atoms with van der Waals surface area (Å²) in [6.45, 7) is 0. The lowest BCUT2D eigenvalue weighted by atomic mass is 10.2. The number of nitrogens with zero attached hydrogens (tertiary/aromatic N) is 4. The van der Waals surface area contributed by atoms with E-state index >= 15 is 0 Å². The summed E-state index contributed by atoms with van der Waals surface area (Å²) in [7, 11) is -3.99. The van der Waals surface area contributed by atoms with Gasteiger partial charge in [0.25, 0.3) is 0 Å². The Balaban J connectivity index is 2.00. The molecule has 25 heavy (non-hydrogen) atoms. The number of rotatable bonds is 5. The Morgan fingerprint density at radius 1 is 1.24 bits per heavy atom. The highest BCUT2D eigenvalue weighted by atomic mass is 35.5. The average Bonchev–Trinajstić information content (AvgIpc) is 3.27.